The van der Waals surface area contributed by atoms with E-state index in [0.717, 1.165) is 6.42 Å². The molecule has 0 amide bonds. The van der Waals surface area contributed by atoms with Gasteiger partial charge in [0.1, 0.15) is 0 Å². The summed E-state index contributed by atoms with van der Waals surface area (Å²) in [6, 6.07) is 10.3. The Morgan fingerprint density at radius 1 is 1.18 bits per heavy atom. The van der Waals surface area contributed by atoms with E-state index in [-0.39, 0.29) is 45.2 Å². The van der Waals surface area contributed by atoms with Crippen molar-refractivity contribution in [3.63, 3.8) is 0 Å². The Bertz CT molecular complexity index is 179. The van der Waals surface area contributed by atoms with E-state index in [1.54, 1.807) is 0 Å². The zero-order valence-electron chi connectivity index (χ0n) is 5.38. The first-order valence-electron chi connectivity index (χ1n) is 3.08. The van der Waals surface area contributed by atoms with Crippen LogP contribution in [0.5, 0.6) is 0 Å². The van der Waals surface area contributed by atoms with Gasteiger partial charge >= 0.3 is 37.7 Å². The van der Waals surface area contributed by atoms with E-state index in [1.807, 2.05) is 24.3 Å². The van der Waals surface area contributed by atoms with Crippen LogP contribution >= 0.6 is 0 Å². The monoisotopic (exact) mass is 176 g/mol. The molecule has 0 N–H and O–H groups in total. The van der Waals surface area contributed by atoms with Gasteiger partial charge in [-0.15, -0.1) is 6.58 Å². The third kappa shape index (κ3) is 5.49. The van der Waals surface area contributed by atoms with Crippen molar-refractivity contribution in [3.8, 4) is 0 Å². The molecule has 1 heteroatoms. The second-order valence-electron chi connectivity index (χ2n) is 1.98. The predicted molar refractivity (Wildman–Crippen MR) is 55.6 cm³/mol. The minimum atomic E-state index is 0. The fourth-order valence-corrected chi connectivity index (χ4v) is 0.781. The average molecular weight is 176 g/mol. The predicted octanol–water partition coefficient (Wildman–Crippen LogP) is 2.14. The summed E-state index contributed by atoms with van der Waals surface area (Å²) in [6.07, 6.45) is 2.89. The zero-order valence-corrected chi connectivity index (χ0v) is 5.38. The fraction of sp³-hybridized carbons (Fsp3) is 0.200. The van der Waals surface area contributed by atoms with Gasteiger partial charge in [-0.2, -0.15) is 0 Å². The van der Waals surface area contributed by atoms with E-state index in [2.05, 4.69) is 18.7 Å². The molecule has 0 nitrogen and oxygen atoms in total. The van der Waals surface area contributed by atoms with Crippen molar-refractivity contribution >= 4 is 37.7 Å². The average Bonchev–Trinajstić information content (AvgIpc) is 1.91. The molecule has 0 aliphatic heterocycles. The fourth-order valence-electron chi connectivity index (χ4n) is 0.781. The molecule has 0 atom stereocenters. The molecule has 0 bridgehead atoms. The number of allylic oxidation sites excluding steroid dienone is 1. The van der Waals surface area contributed by atoms with E-state index < -0.39 is 0 Å². The van der Waals surface area contributed by atoms with Crippen LogP contribution in [-0.4, -0.2) is 37.7 Å². The Hall–Kier alpha value is 0.220. The molecule has 1 aromatic carbocycles. The third-order valence-electron chi connectivity index (χ3n) is 1.22. The SMILES string of the molecule is C.C=CCc1ccccc1.[CaH2]. The summed E-state index contributed by atoms with van der Waals surface area (Å²) in [5, 5.41) is 0. The Labute approximate surface area is 99.3 Å². The molecule has 0 fully saturated rings. The number of hydrogen-bond donors (Lipinski definition) is 0. The number of hydrogen-bond acceptors (Lipinski definition) is 0. The van der Waals surface area contributed by atoms with E-state index in [0.29, 0.717) is 0 Å². The maximum atomic E-state index is 3.66. The van der Waals surface area contributed by atoms with Crippen LogP contribution in [0.15, 0.2) is 43.0 Å². The van der Waals surface area contributed by atoms with Gasteiger partial charge in [0.05, 0.1) is 0 Å². The summed E-state index contributed by atoms with van der Waals surface area (Å²) in [6.45, 7) is 3.66. The van der Waals surface area contributed by atoms with Crippen LogP contribution in [0.2, 0.25) is 0 Å². The van der Waals surface area contributed by atoms with Gasteiger partial charge in [0.15, 0.2) is 0 Å². The molecule has 0 aliphatic rings. The topological polar surface area (TPSA) is 0 Å². The van der Waals surface area contributed by atoms with Gasteiger partial charge in [0, 0.05) is 0 Å². The standard InChI is InChI=1S/C9H10.CH4.Ca.2H/c1-2-6-9-7-4-3-5-8-9;;;;/h2-5,7-8H,1,6H2;1H4;;;. The summed E-state index contributed by atoms with van der Waals surface area (Å²) >= 11 is 0. The van der Waals surface area contributed by atoms with E-state index in [1.165, 1.54) is 5.56 Å². The van der Waals surface area contributed by atoms with Gasteiger partial charge < -0.3 is 0 Å². The van der Waals surface area contributed by atoms with Crippen molar-refractivity contribution in [2.75, 3.05) is 0 Å². The molecule has 0 saturated carbocycles. The molecule has 0 radical (unpaired) electrons. The Morgan fingerprint density at radius 2 is 1.73 bits per heavy atom. The molecule has 0 spiro atoms. The summed E-state index contributed by atoms with van der Waals surface area (Å²) in [4.78, 5) is 0. The van der Waals surface area contributed by atoms with Crippen molar-refractivity contribution < 1.29 is 0 Å². The minimum absolute atomic E-state index is 0. The van der Waals surface area contributed by atoms with Gasteiger partial charge in [-0.1, -0.05) is 43.8 Å². The molecule has 0 saturated heterocycles. The van der Waals surface area contributed by atoms with Crippen LogP contribution in [-0.2, 0) is 6.42 Å². The molecule has 0 aromatic heterocycles. The molecule has 0 aliphatic carbocycles. The molecule has 0 heterocycles. The second-order valence-corrected chi connectivity index (χ2v) is 1.98. The second kappa shape index (κ2) is 8.32. The van der Waals surface area contributed by atoms with Crippen LogP contribution < -0.4 is 0 Å². The Balaban J connectivity index is 0. The summed E-state index contributed by atoms with van der Waals surface area (Å²) < 4.78 is 0. The van der Waals surface area contributed by atoms with Crippen molar-refractivity contribution in [2.45, 2.75) is 13.8 Å². The third-order valence-corrected chi connectivity index (χ3v) is 1.22. The molecule has 58 valence electrons. The maximum absolute atomic E-state index is 3.66. The summed E-state index contributed by atoms with van der Waals surface area (Å²) in [5.41, 5.74) is 1.33. The normalized spacial score (nSPS) is 7.27. The molecule has 1 aromatic rings. The molecule has 1 rings (SSSR count). The van der Waals surface area contributed by atoms with Crippen molar-refractivity contribution in [2.24, 2.45) is 0 Å². The van der Waals surface area contributed by atoms with Gasteiger partial charge in [0.2, 0.25) is 0 Å². The van der Waals surface area contributed by atoms with Gasteiger partial charge in [-0.05, 0) is 12.0 Å². The van der Waals surface area contributed by atoms with Gasteiger partial charge in [-0.25, -0.2) is 0 Å². The molecular formula is C10H16Ca. The van der Waals surface area contributed by atoms with Crippen molar-refractivity contribution in [1.29, 1.82) is 0 Å². The Morgan fingerprint density at radius 3 is 2.18 bits per heavy atom. The van der Waals surface area contributed by atoms with Crippen LogP contribution in [0.25, 0.3) is 0 Å². The van der Waals surface area contributed by atoms with E-state index in [9.17, 15) is 0 Å². The zero-order chi connectivity index (χ0) is 6.53. The quantitative estimate of drug-likeness (QED) is 0.478. The van der Waals surface area contributed by atoms with Crippen LogP contribution in [0.1, 0.15) is 13.0 Å². The number of benzene rings is 1. The first-order valence-corrected chi connectivity index (χ1v) is 3.08. The van der Waals surface area contributed by atoms with E-state index in [4.69, 9.17) is 0 Å². The van der Waals surface area contributed by atoms with Gasteiger partial charge in [-0.3, -0.25) is 0 Å². The summed E-state index contributed by atoms with van der Waals surface area (Å²) in [5.74, 6) is 0. The molecule has 11 heavy (non-hydrogen) atoms. The molecular weight excluding hydrogens is 160 g/mol. The van der Waals surface area contributed by atoms with Crippen molar-refractivity contribution in [1.82, 2.24) is 0 Å². The Kier molecular flexibility index (Phi) is 10.4. The first-order chi connectivity index (χ1) is 4.43. The number of rotatable bonds is 2. The van der Waals surface area contributed by atoms with Crippen LogP contribution in [0, 0.1) is 0 Å². The van der Waals surface area contributed by atoms with E-state index >= 15 is 0 Å². The summed E-state index contributed by atoms with van der Waals surface area (Å²) in [7, 11) is 0. The first kappa shape index (κ1) is 13.8. The van der Waals surface area contributed by atoms with Crippen LogP contribution in [0.4, 0.5) is 0 Å². The van der Waals surface area contributed by atoms with Crippen LogP contribution in [0.3, 0.4) is 0 Å². The van der Waals surface area contributed by atoms with Crippen molar-refractivity contribution in [3.05, 3.63) is 48.6 Å². The van der Waals surface area contributed by atoms with Gasteiger partial charge in [0.25, 0.3) is 0 Å². The molecule has 0 unspecified atom stereocenters.